The van der Waals surface area contributed by atoms with E-state index in [2.05, 4.69) is 0 Å². The van der Waals surface area contributed by atoms with E-state index in [9.17, 15) is 4.79 Å². The van der Waals surface area contributed by atoms with Gasteiger partial charge < -0.3 is 10.0 Å². The van der Waals surface area contributed by atoms with Crippen LogP contribution in [0.2, 0.25) is 0 Å². The highest BCUT2D eigenvalue weighted by molar-refractivity contribution is 5.79. The molecule has 0 aliphatic carbocycles. The van der Waals surface area contributed by atoms with Crippen molar-refractivity contribution in [3.8, 4) is 0 Å². The molecule has 0 fully saturated rings. The monoisotopic (exact) mass is 143 g/mol. The number of carbonyl (C=O) groups is 1. The van der Waals surface area contributed by atoms with Gasteiger partial charge in [0, 0.05) is 12.6 Å². The van der Waals surface area contributed by atoms with E-state index in [0.717, 1.165) is 12.6 Å². The normalized spacial score (nSPS) is 11.1. The molecule has 0 spiro atoms. The van der Waals surface area contributed by atoms with E-state index in [-0.39, 0.29) is 0 Å². The number of hydrogen-bond donors (Lipinski definition) is 1. The van der Waals surface area contributed by atoms with Crippen molar-refractivity contribution in [1.29, 1.82) is 0 Å². The Kier molecular flexibility index (Phi) is 4.58. The average Bonchev–Trinajstić information content (AvgIpc) is 1.87. The van der Waals surface area contributed by atoms with E-state index in [4.69, 9.17) is 5.11 Å². The molecule has 0 aromatic rings. The van der Waals surface area contributed by atoms with Crippen molar-refractivity contribution in [2.45, 2.75) is 6.92 Å². The first-order valence-corrected chi connectivity index (χ1v) is 3.24. The van der Waals surface area contributed by atoms with E-state index in [0.29, 0.717) is 6.54 Å². The Morgan fingerprint density at radius 3 is 2.70 bits per heavy atom. The second-order valence-corrected chi connectivity index (χ2v) is 2.10. The molecule has 0 heterocycles. The van der Waals surface area contributed by atoms with Crippen LogP contribution in [-0.4, -0.2) is 36.1 Å². The molecule has 1 N–H and O–H groups in total. The summed E-state index contributed by atoms with van der Waals surface area (Å²) in [6.07, 6.45) is 2.79. The average molecular weight is 143 g/mol. The molecule has 0 unspecified atom stereocenters. The van der Waals surface area contributed by atoms with Gasteiger partial charge in [-0.1, -0.05) is 13.0 Å². The minimum Gasteiger partial charge on any atom is -0.478 e. The fraction of sp³-hybridized carbons (Fsp3) is 0.571. The van der Waals surface area contributed by atoms with Crippen LogP contribution in [0.5, 0.6) is 0 Å². The molecule has 0 atom stereocenters. The van der Waals surface area contributed by atoms with Crippen molar-refractivity contribution in [1.82, 2.24) is 4.90 Å². The van der Waals surface area contributed by atoms with Gasteiger partial charge in [-0.15, -0.1) is 0 Å². The van der Waals surface area contributed by atoms with Crippen LogP contribution in [0.3, 0.4) is 0 Å². The lowest BCUT2D eigenvalue weighted by atomic mass is 10.4. The zero-order valence-electron chi connectivity index (χ0n) is 6.37. The minimum absolute atomic E-state index is 0.697. The maximum atomic E-state index is 9.96. The Morgan fingerprint density at radius 1 is 1.70 bits per heavy atom. The van der Waals surface area contributed by atoms with Gasteiger partial charge in [-0.05, 0) is 13.6 Å². The van der Waals surface area contributed by atoms with Crippen LogP contribution in [-0.2, 0) is 4.79 Å². The van der Waals surface area contributed by atoms with Crippen molar-refractivity contribution in [2.24, 2.45) is 0 Å². The highest BCUT2D eigenvalue weighted by Gasteiger charge is 1.89. The lowest BCUT2D eigenvalue weighted by Crippen LogP contribution is -2.17. The van der Waals surface area contributed by atoms with Crippen LogP contribution < -0.4 is 0 Å². The summed E-state index contributed by atoms with van der Waals surface area (Å²) in [7, 11) is 1.94. The number of carboxylic acids is 1. The maximum Gasteiger partial charge on any atom is 0.328 e. The Labute approximate surface area is 61.0 Å². The van der Waals surface area contributed by atoms with Gasteiger partial charge in [0.25, 0.3) is 0 Å². The van der Waals surface area contributed by atoms with Gasteiger partial charge in [0.05, 0.1) is 0 Å². The SMILES string of the molecule is CCN(C)CC=CC(=O)O. The zero-order chi connectivity index (χ0) is 7.98. The molecule has 0 saturated carbocycles. The minimum atomic E-state index is -0.885. The Balaban J connectivity index is 3.43. The van der Waals surface area contributed by atoms with E-state index in [1.807, 2.05) is 18.9 Å². The van der Waals surface area contributed by atoms with Crippen molar-refractivity contribution < 1.29 is 9.90 Å². The van der Waals surface area contributed by atoms with Gasteiger partial charge in [-0.25, -0.2) is 4.79 Å². The predicted molar refractivity (Wildman–Crippen MR) is 39.9 cm³/mol. The summed E-state index contributed by atoms with van der Waals surface area (Å²) >= 11 is 0. The first-order chi connectivity index (χ1) is 4.66. The fourth-order valence-corrected chi connectivity index (χ4v) is 0.463. The van der Waals surface area contributed by atoms with Gasteiger partial charge in [-0.3, -0.25) is 0 Å². The molecule has 0 aromatic carbocycles. The molecule has 0 aliphatic rings. The van der Waals surface area contributed by atoms with Gasteiger partial charge in [-0.2, -0.15) is 0 Å². The lowest BCUT2D eigenvalue weighted by Gasteiger charge is -2.08. The Morgan fingerprint density at radius 2 is 2.30 bits per heavy atom. The van der Waals surface area contributed by atoms with Crippen LogP contribution in [0.25, 0.3) is 0 Å². The van der Waals surface area contributed by atoms with Gasteiger partial charge in [0.1, 0.15) is 0 Å². The molecule has 0 aliphatic heterocycles. The van der Waals surface area contributed by atoms with Crippen LogP contribution in [0.1, 0.15) is 6.92 Å². The molecular formula is C7H13NO2. The van der Waals surface area contributed by atoms with Crippen LogP contribution in [0.15, 0.2) is 12.2 Å². The quantitative estimate of drug-likeness (QED) is 0.585. The first kappa shape index (κ1) is 9.17. The predicted octanol–water partition coefficient (Wildman–Crippen LogP) is 0.579. The highest BCUT2D eigenvalue weighted by atomic mass is 16.4. The lowest BCUT2D eigenvalue weighted by molar-refractivity contribution is -0.131. The number of likely N-dealkylation sites (N-methyl/N-ethyl adjacent to an activating group) is 1. The number of carboxylic acid groups (broad SMARTS) is 1. The molecule has 3 nitrogen and oxygen atoms in total. The zero-order valence-corrected chi connectivity index (χ0v) is 6.37. The van der Waals surface area contributed by atoms with Crippen molar-refractivity contribution in [2.75, 3.05) is 20.1 Å². The van der Waals surface area contributed by atoms with Crippen LogP contribution in [0, 0.1) is 0 Å². The highest BCUT2D eigenvalue weighted by Crippen LogP contribution is 1.81. The molecular weight excluding hydrogens is 130 g/mol. The second-order valence-electron chi connectivity index (χ2n) is 2.10. The third-order valence-corrected chi connectivity index (χ3v) is 1.22. The van der Waals surface area contributed by atoms with Crippen molar-refractivity contribution >= 4 is 5.97 Å². The molecule has 0 saturated heterocycles. The molecule has 0 bridgehead atoms. The summed E-state index contributed by atoms with van der Waals surface area (Å²) in [5.74, 6) is -0.885. The molecule has 0 radical (unpaired) electrons. The summed E-state index contributed by atoms with van der Waals surface area (Å²) in [6, 6.07) is 0. The second kappa shape index (κ2) is 4.99. The third kappa shape index (κ3) is 5.31. The number of rotatable bonds is 4. The number of nitrogens with zero attached hydrogens (tertiary/aromatic N) is 1. The molecule has 10 heavy (non-hydrogen) atoms. The van der Waals surface area contributed by atoms with Crippen molar-refractivity contribution in [3.05, 3.63) is 12.2 Å². The maximum absolute atomic E-state index is 9.96. The van der Waals surface area contributed by atoms with E-state index in [1.54, 1.807) is 6.08 Å². The van der Waals surface area contributed by atoms with Gasteiger partial charge in [0.15, 0.2) is 0 Å². The summed E-state index contributed by atoms with van der Waals surface area (Å²) < 4.78 is 0. The smallest absolute Gasteiger partial charge is 0.328 e. The van der Waals surface area contributed by atoms with Crippen molar-refractivity contribution in [3.63, 3.8) is 0 Å². The molecule has 58 valence electrons. The molecule has 3 heteroatoms. The van der Waals surface area contributed by atoms with Crippen LogP contribution >= 0.6 is 0 Å². The summed E-state index contributed by atoms with van der Waals surface area (Å²) in [6.45, 7) is 3.65. The van der Waals surface area contributed by atoms with E-state index < -0.39 is 5.97 Å². The van der Waals surface area contributed by atoms with E-state index >= 15 is 0 Å². The number of hydrogen-bond acceptors (Lipinski definition) is 2. The Bertz CT molecular complexity index is 132. The Hall–Kier alpha value is -0.830. The molecule has 0 aromatic heterocycles. The third-order valence-electron chi connectivity index (χ3n) is 1.22. The first-order valence-electron chi connectivity index (χ1n) is 3.24. The molecule has 0 rings (SSSR count). The largest absolute Gasteiger partial charge is 0.478 e. The topological polar surface area (TPSA) is 40.5 Å². The molecule has 0 amide bonds. The standard InChI is InChI=1S/C7H13NO2/c1-3-8(2)6-4-5-7(9)10/h4-5H,3,6H2,1-2H3,(H,9,10). The van der Waals surface area contributed by atoms with E-state index in [1.165, 1.54) is 0 Å². The fourth-order valence-electron chi connectivity index (χ4n) is 0.463. The van der Waals surface area contributed by atoms with Crippen LogP contribution in [0.4, 0.5) is 0 Å². The summed E-state index contributed by atoms with van der Waals surface area (Å²) in [5.41, 5.74) is 0. The summed E-state index contributed by atoms with van der Waals surface area (Å²) in [5, 5.41) is 8.19. The summed E-state index contributed by atoms with van der Waals surface area (Å²) in [4.78, 5) is 12.0. The number of aliphatic carboxylic acids is 1. The van der Waals surface area contributed by atoms with Gasteiger partial charge in [0.2, 0.25) is 0 Å². The van der Waals surface area contributed by atoms with Gasteiger partial charge >= 0.3 is 5.97 Å².